The topological polar surface area (TPSA) is 33.2 Å². The Morgan fingerprint density at radius 1 is 1.07 bits per heavy atom. The zero-order valence-electron chi connectivity index (χ0n) is 14.7. The number of allylic oxidation sites excluding steroid dienone is 1. The highest BCUT2D eigenvalue weighted by molar-refractivity contribution is 5.97. The second-order valence-corrected chi connectivity index (χ2v) is 6.99. The minimum absolute atomic E-state index is 0.0901. The van der Waals surface area contributed by atoms with Crippen molar-refractivity contribution in [2.75, 3.05) is 0 Å². The fourth-order valence-corrected chi connectivity index (χ4v) is 3.81. The van der Waals surface area contributed by atoms with Crippen molar-refractivity contribution in [3.05, 3.63) is 94.6 Å². The number of aromatic nitrogens is 1. The van der Waals surface area contributed by atoms with Crippen LogP contribution in [-0.4, -0.2) is 15.8 Å². The second-order valence-electron chi connectivity index (χ2n) is 6.99. The van der Waals surface area contributed by atoms with Crippen LogP contribution in [-0.2, 0) is 19.5 Å². The van der Waals surface area contributed by atoms with Crippen LogP contribution >= 0.6 is 0 Å². The van der Waals surface area contributed by atoms with Crippen LogP contribution in [0.4, 0.5) is 4.39 Å². The molecule has 3 aromatic rings. The van der Waals surface area contributed by atoms with Crippen LogP contribution in [0, 0.1) is 5.82 Å². The van der Waals surface area contributed by atoms with Gasteiger partial charge in [-0.1, -0.05) is 42.5 Å². The van der Waals surface area contributed by atoms with Gasteiger partial charge in [0.05, 0.1) is 17.8 Å². The number of amides is 1. The molecule has 0 atom stereocenters. The minimum Gasteiger partial charge on any atom is -0.328 e. The summed E-state index contributed by atoms with van der Waals surface area (Å²) in [6.07, 6.45) is 6.85. The quantitative estimate of drug-likeness (QED) is 0.686. The molecule has 0 saturated heterocycles. The summed E-state index contributed by atoms with van der Waals surface area (Å²) in [5.74, 6) is -0.379. The van der Waals surface area contributed by atoms with Gasteiger partial charge in [-0.3, -0.25) is 9.78 Å². The Labute approximate surface area is 156 Å². The van der Waals surface area contributed by atoms with Crippen molar-refractivity contribution in [1.29, 1.82) is 0 Å². The highest BCUT2D eigenvalue weighted by Gasteiger charge is 2.28. The highest BCUT2D eigenvalue weighted by Crippen LogP contribution is 2.29. The Balaban J connectivity index is 1.39. The Kier molecular flexibility index (Phi) is 3.64. The maximum absolute atomic E-state index is 14.8. The summed E-state index contributed by atoms with van der Waals surface area (Å²) in [5, 5.41) is 0. The summed E-state index contributed by atoms with van der Waals surface area (Å²) in [7, 11) is 0. The number of hydrogen-bond acceptors (Lipinski definition) is 2. The average molecular weight is 356 g/mol. The van der Waals surface area contributed by atoms with Gasteiger partial charge in [0.1, 0.15) is 5.82 Å². The fourth-order valence-electron chi connectivity index (χ4n) is 3.81. The number of fused-ring (bicyclic) bond motifs is 2. The van der Waals surface area contributed by atoms with Crippen LogP contribution in [0.5, 0.6) is 0 Å². The summed E-state index contributed by atoms with van der Waals surface area (Å²) >= 11 is 0. The Morgan fingerprint density at radius 3 is 2.78 bits per heavy atom. The molecule has 1 aliphatic carbocycles. The van der Waals surface area contributed by atoms with E-state index in [0.717, 1.165) is 23.2 Å². The summed E-state index contributed by atoms with van der Waals surface area (Å²) in [4.78, 5) is 18.3. The molecular weight excluding hydrogens is 339 g/mol. The van der Waals surface area contributed by atoms with Crippen molar-refractivity contribution in [2.24, 2.45) is 0 Å². The van der Waals surface area contributed by atoms with Gasteiger partial charge < -0.3 is 4.90 Å². The van der Waals surface area contributed by atoms with Crippen molar-refractivity contribution in [2.45, 2.75) is 19.5 Å². The van der Waals surface area contributed by atoms with Gasteiger partial charge in [-0.05, 0) is 46.9 Å². The first-order valence-electron chi connectivity index (χ1n) is 9.00. The predicted octanol–water partition coefficient (Wildman–Crippen LogP) is 4.61. The third kappa shape index (κ3) is 2.74. The lowest BCUT2D eigenvalue weighted by Gasteiger charge is -2.16. The monoisotopic (exact) mass is 356 g/mol. The molecule has 0 bridgehead atoms. The third-order valence-corrected chi connectivity index (χ3v) is 5.27. The molecule has 0 radical (unpaired) electrons. The minimum atomic E-state index is -0.289. The van der Waals surface area contributed by atoms with Gasteiger partial charge in [-0.25, -0.2) is 4.39 Å². The molecule has 2 aromatic carbocycles. The van der Waals surface area contributed by atoms with Crippen LogP contribution in [0.15, 0.2) is 60.8 Å². The lowest BCUT2D eigenvalue weighted by molar-refractivity contribution is 0.0765. The molecule has 1 aliphatic heterocycles. The molecule has 4 heteroatoms. The lowest BCUT2D eigenvalue weighted by Crippen LogP contribution is -2.23. The first-order valence-corrected chi connectivity index (χ1v) is 9.00. The van der Waals surface area contributed by atoms with E-state index in [9.17, 15) is 9.18 Å². The van der Waals surface area contributed by atoms with E-state index >= 15 is 0 Å². The molecule has 2 aliphatic rings. The molecule has 1 aromatic heterocycles. The first-order chi connectivity index (χ1) is 13.2. The lowest BCUT2D eigenvalue weighted by atomic mass is 9.99. The van der Waals surface area contributed by atoms with Crippen LogP contribution in [0.1, 0.15) is 32.7 Å². The standard InChI is InChI=1S/C23H17FN2O/c24-21-12-18(17-7-6-15-3-1-4-16(15)11-17)8-9-19(21)13-26-14-22-20(23(26)27)5-2-10-25-22/h1-3,5-12H,4,13-14H2. The van der Waals surface area contributed by atoms with E-state index in [-0.39, 0.29) is 18.3 Å². The molecule has 5 rings (SSSR count). The van der Waals surface area contributed by atoms with Gasteiger partial charge in [-0.15, -0.1) is 0 Å². The van der Waals surface area contributed by atoms with Crippen molar-refractivity contribution in [3.63, 3.8) is 0 Å². The molecule has 1 amide bonds. The number of carbonyl (C=O) groups excluding carboxylic acids is 1. The van der Waals surface area contributed by atoms with Crippen LogP contribution in [0.2, 0.25) is 0 Å². The Morgan fingerprint density at radius 2 is 1.93 bits per heavy atom. The maximum atomic E-state index is 14.8. The Bertz CT molecular complexity index is 1100. The zero-order chi connectivity index (χ0) is 18.4. The third-order valence-electron chi connectivity index (χ3n) is 5.27. The molecule has 27 heavy (non-hydrogen) atoms. The van der Waals surface area contributed by atoms with Gasteiger partial charge >= 0.3 is 0 Å². The van der Waals surface area contributed by atoms with E-state index in [1.54, 1.807) is 35.4 Å². The van der Waals surface area contributed by atoms with E-state index in [1.807, 2.05) is 12.1 Å². The fraction of sp³-hybridized carbons (Fsp3) is 0.130. The normalized spacial score (nSPS) is 14.6. The molecule has 0 unspecified atom stereocenters. The number of rotatable bonds is 3. The molecule has 0 fully saturated rings. The van der Waals surface area contributed by atoms with E-state index in [4.69, 9.17) is 0 Å². The van der Waals surface area contributed by atoms with Gasteiger partial charge in [0.2, 0.25) is 0 Å². The predicted molar refractivity (Wildman–Crippen MR) is 102 cm³/mol. The number of hydrogen-bond donors (Lipinski definition) is 0. The van der Waals surface area contributed by atoms with E-state index < -0.39 is 0 Å². The molecule has 2 heterocycles. The Hall–Kier alpha value is -3.27. The SMILES string of the molecule is O=C1c2cccnc2CN1Cc1ccc(-c2ccc3c(c2)CC=C3)cc1F. The van der Waals surface area contributed by atoms with E-state index in [1.165, 1.54) is 11.1 Å². The summed E-state index contributed by atoms with van der Waals surface area (Å²) in [5.41, 5.74) is 6.25. The number of nitrogens with zero attached hydrogens (tertiary/aromatic N) is 2. The van der Waals surface area contributed by atoms with Crippen molar-refractivity contribution in [3.8, 4) is 11.1 Å². The molecule has 0 spiro atoms. The smallest absolute Gasteiger partial charge is 0.256 e. The highest BCUT2D eigenvalue weighted by atomic mass is 19.1. The van der Waals surface area contributed by atoms with E-state index in [0.29, 0.717) is 17.7 Å². The van der Waals surface area contributed by atoms with E-state index in [2.05, 4.69) is 29.3 Å². The summed E-state index contributed by atoms with van der Waals surface area (Å²) in [6.45, 7) is 0.670. The maximum Gasteiger partial charge on any atom is 0.256 e. The number of halogens is 1. The number of benzene rings is 2. The molecule has 0 N–H and O–H groups in total. The molecule has 0 saturated carbocycles. The van der Waals surface area contributed by atoms with Crippen molar-refractivity contribution in [1.82, 2.24) is 9.88 Å². The van der Waals surface area contributed by atoms with Crippen LogP contribution in [0.3, 0.4) is 0 Å². The number of pyridine rings is 1. The largest absolute Gasteiger partial charge is 0.328 e. The molecule has 132 valence electrons. The van der Waals surface area contributed by atoms with Gasteiger partial charge in [-0.2, -0.15) is 0 Å². The van der Waals surface area contributed by atoms with Gasteiger partial charge in [0.15, 0.2) is 0 Å². The summed E-state index contributed by atoms with van der Waals surface area (Å²) < 4.78 is 14.8. The zero-order valence-corrected chi connectivity index (χ0v) is 14.7. The van der Waals surface area contributed by atoms with Gasteiger partial charge in [0, 0.05) is 18.3 Å². The van der Waals surface area contributed by atoms with Crippen molar-refractivity contribution < 1.29 is 9.18 Å². The first kappa shape index (κ1) is 15.9. The second kappa shape index (κ2) is 6.16. The average Bonchev–Trinajstić information content (AvgIpc) is 3.28. The van der Waals surface area contributed by atoms with Crippen LogP contribution < -0.4 is 0 Å². The van der Waals surface area contributed by atoms with Gasteiger partial charge in [0.25, 0.3) is 5.91 Å². The summed E-state index contributed by atoms with van der Waals surface area (Å²) in [6, 6.07) is 15.0. The number of carbonyl (C=O) groups is 1. The molecular formula is C23H17FN2O. The van der Waals surface area contributed by atoms with Crippen LogP contribution in [0.25, 0.3) is 17.2 Å². The molecule has 3 nitrogen and oxygen atoms in total. The van der Waals surface area contributed by atoms with Crippen molar-refractivity contribution >= 4 is 12.0 Å².